The number of aromatic amines is 1. The minimum absolute atomic E-state index is 0.203. The maximum Gasteiger partial charge on any atom is 0.277 e. The van der Waals surface area contributed by atoms with Crippen molar-refractivity contribution in [2.24, 2.45) is 5.10 Å². The molecule has 1 amide bonds. The first-order chi connectivity index (χ1) is 11.6. The van der Waals surface area contributed by atoms with E-state index in [2.05, 4.69) is 15.5 Å². The summed E-state index contributed by atoms with van der Waals surface area (Å²) in [6, 6.07) is 14.6. The van der Waals surface area contributed by atoms with Gasteiger partial charge in [-0.25, -0.2) is 5.43 Å². The van der Waals surface area contributed by atoms with Gasteiger partial charge in [0.15, 0.2) is 6.61 Å². The van der Waals surface area contributed by atoms with Gasteiger partial charge in [0.05, 0.1) is 16.9 Å². The van der Waals surface area contributed by atoms with Crippen molar-refractivity contribution in [1.29, 1.82) is 0 Å². The van der Waals surface area contributed by atoms with Crippen LogP contribution in [0, 0.1) is 0 Å². The van der Waals surface area contributed by atoms with Gasteiger partial charge in [-0.15, -0.1) is 0 Å². The lowest BCUT2D eigenvalue weighted by atomic mass is 10.2. The molecule has 1 aromatic heterocycles. The molecule has 5 nitrogen and oxygen atoms in total. The van der Waals surface area contributed by atoms with Gasteiger partial charge in [-0.3, -0.25) is 4.79 Å². The minimum Gasteiger partial charge on any atom is -0.482 e. The topological polar surface area (TPSA) is 66.5 Å². The van der Waals surface area contributed by atoms with Crippen molar-refractivity contribution >= 4 is 46.2 Å². The Morgan fingerprint density at radius 3 is 2.83 bits per heavy atom. The lowest BCUT2D eigenvalue weighted by Crippen LogP contribution is -2.24. The summed E-state index contributed by atoms with van der Waals surface area (Å²) < 4.78 is 5.32. The van der Waals surface area contributed by atoms with Crippen molar-refractivity contribution in [2.75, 3.05) is 6.61 Å². The van der Waals surface area contributed by atoms with Crippen LogP contribution in [0.15, 0.2) is 53.6 Å². The number of rotatable bonds is 5. The van der Waals surface area contributed by atoms with E-state index in [9.17, 15) is 4.79 Å². The molecule has 0 bridgehead atoms. The average Bonchev–Trinajstić information content (AvgIpc) is 2.96. The number of aromatic nitrogens is 1. The molecule has 0 radical (unpaired) electrons. The normalized spacial score (nSPS) is 11.1. The summed E-state index contributed by atoms with van der Waals surface area (Å²) in [6.07, 6.45) is 1.53. The van der Waals surface area contributed by atoms with E-state index in [1.165, 1.54) is 6.21 Å². The summed E-state index contributed by atoms with van der Waals surface area (Å²) in [5.41, 5.74) is 4.19. The van der Waals surface area contributed by atoms with E-state index in [0.29, 0.717) is 15.8 Å². The number of H-pyrrole nitrogens is 1. The van der Waals surface area contributed by atoms with Crippen LogP contribution in [-0.2, 0) is 4.79 Å². The molecule has 0 atom stereocenters. The number of para-hydroxylation sites is 1. The first kappa shape index (κ1) is 16.4. The van der Waals surface area contributed by atoms with E-state index in [0.717, 1.165) is 16.6 Å². The van der Waals surface area contributed by atoms with E-state index in [-0.39, 0.29) is 6.61 Å². The average molecular weight is 362 g/mol. The number of carbonyl (C=O) groups excluding carboxylic acids is 1. The molecule has 7 heteroatoms. The highest BCUT2D eigenvalue weighted by Gasteiger charge is 2.06. The summed E-state index contributed by atoms with van der Waals surface area (Å²) in [4.78, 5) is 14.9. The monoisotopic (exact) mass is 361 g/mol. The third kappa shape index (κ3) is 4.07. The van der Waals surface area contributed by atoms with Gasteiger partial charge in [-0.2, -0.15) is 5.10 Å². The Hall–Kier alpha value is -2.50. The van der Waals surface area contributed by atoms with Gasteiger partial charge in [0.25, 0.3) is 5.91 Å². The molecule has 3 aromatic rings. The first-order valence-corrected chi connectivity index (χ1v) is 7.85. The summed E-state index contributed by atoms with van der Waals surface area (Å²) in [5, 5.41) is 5.81. The molecule has 3 rings (SSSR count). The number of benzene rings is 2. The van der Waals surface area contributed by atoms with Crippen LogP contribution in [-0.4, -0.2) is 23.7 Å². The molecule has 122 valence electrons. The van der Waals surface area contributed by atoms with Crippen LogP contribution in [0.3, 0.4) is 0 Å². The van der Waals surface area contributed by atoms with E-state index >= 15 is 0 Å². The van der Waals surface area contributed by atoms with E-state index in [1.54, 1.807) is 18.2 Å². The van der Waals surface area contributed by atoms with E-state index in [1.807, 2.05) is 30.3 Å². The number of carbonyl (C=O) groups is 1. The van der Waals surface area contributed by atoms with Crippen molar-refractivity contribution < 1.29 is 9.53 Å². The van der Waals surface area contributed by atoms with Crippen LogP contribution < -0.4 is 10.2 Å². The lowest BCUT2D eigenvalue weighted by Gasteiger charge is -2.06. The van der Waals surface area contributed by atoms with Crippen molar-refractivity contribution in [3.63, 3.8) is 0 Å². The number of hydrogen-bond donors (Lipinski definition) is 2. The van der Waals surface area contributed by atoms with Crippen LogP contribution in [0.4, 0.5) is 0 Å². The zero-order valence-corrected chi connectivity index (χ0v) is 13.9. The number of halogens is 2. The van der Waals surface area contributed by atoms with Crippen molar-refractivity contribution in [2.45, 2.75) is 0 Å². The van der Waals surface area contributed by atoms with Crippen LogP contribution in [0.1, 0.15) is 5.69 Å². The van der Waals surface area contributed by atoms with Crippen LogP contribution in [0.5, 0.6) is 5.75 Å². The smallest absolute Gasteiger partial charge is 0.277 e. The predicted molar refractivity (Wildman–Crippen MR) is 96.0 cm³/mol. The molecular weight excluding hydrogens is 349 g/mol. The molecular formula is C17H13Cl2N3O2. The quantitative estimate of drug-likeness (QED) is 0.532. The Labute approximate surface area is 148 Å². The second-order valence-corrected chi connectivity index (χ2v) is 5.81. The number of hydrazone groups is 1. The highest BCUT2D eigenvalue weighted by molar-refractivity contribution is 6.35. The maximum atomic E-state index is 11.7. The van der Waals surface area contributed by atoms with E-state index in [4.69, 9.17) is 27.9 Å². The fourth-order valence-corrected chi connectivity index (χ4v) is 2.57. The zero-order valence-electron chi connectivity index (χ0n) is 12.4. The van der Waals surface area contributed by atoms with Crippen molar-refractivity contribution in [1.82, 2.24) is 10.4 Å². The second-order valence-electron chi connectivity index (χ2n) is 4.97. The molecule has 2 N–H and O–H groups in total. The third-order valence-electron chi connectivity index (χ3n) is 3.20. The lowest BCUT2D eigenvalue weighted by molar-refractivity contribution is -0.123. The Balaban J connectivity index is 1.53. The van der Waals surface area contributed by atoms with Crippen molar-refractivity contribution in [3.8, 4) is 5.75 Å². The number of nitrogens with zero attached hydrogens (tertiary/aromatic N) is 1. The molecule has 0 aliphatic heterocycles. The maximum absolute atomic E-state index is 11.7. The summed E-state index contributed by atoms with van der Waals surface area (Å²) in [6.45, 7) is -0.203. The molecule has 0 unspecified atom stereocenters. The van der Waals surface area contributed by atoms with Gasteiger partial charge in [0.1, 0.15) is 5.75 Å². The predicted octanol–water partition coefficient (Wildman–Crippen LogP) is 4.00. The molecule has 0 saturated carbocycles. The molecule has 0 saturated heterocycles. The summed E-state index contributed by atoms with van der Waals surface area (Å²) in [5.74, 6) is -0.0100. The fraction of sp³-hybridized carbons (Fsp3) is 0.0588. The Morgan fingerprint density at radius 2 is 2.04 bits per heavy atom. The molecule has 0 fully saturated rings. The van der Waals surface area contributed by atoms with Crippen molar-refractivity contribution in [3.05, 3.63) is 64.3 Å². The van der Waals surface area contributed by atoms with E-state index < -0.39 is 5.91 Å². The second kappa shape index (κ2) is 7.38. The summed E-state index contributed by atoms with van der Waals surface area (Å²) in [7, 11) is 0. The van der Waals surface area contributed by atoms with Gasteiger partial charge in [0, 0.05) is 15.9 Å². The van der Waals surface area contributed by atoms with Gasteiger partial charge in [-0.05, 0) is 30.3 Å². The van der Waals surface area contributed by atoms with Gasteiger partial charge >= 0.3 is 0 Å². The number of nitrogens with one attached hydrogen (secondary N) is 2. The number of hydrogen-bond acceptors (Lipinski definition) is 3. The first-order valence-electron chi connectivity index (χ1n) is 7.09. The number of ether oxygens (including phenoxy) is 1. The van der Waals surface area contributed by atoms with Gasteiger partial charge < -0.3 is 9.72 Å². The van der Waals surface area contributed by atoms with Gasteiger partial charge in [0.2, 0.25) is 0 Å². The Bertz CT molecular complexity index is 873. The number of fused-ring (bicyclic) bond motifs is 1. The van der Waals surface area contributed by atoms with Crippen LogP contribution in [0.2, 0.25) is 10.0 Å². The Kier molecular flexibility index (Phi) is 5.03. The Morgan fingerprint density at radius 1 is 1.21 bits per heavy atom. The molecule has 0 aliphatic carbocycles. The largest absolute Gasteiger partial charge is 0.482 e. The standard InChI is InChI=1S/C17H13Cl2N3O2/c18-12-5-6-16(14(19)8-12)24-10-17(23)22-20-9-13-7-11-3-1-2-4-15(11)21-13/h1-9,21H,10H2,(H,22,23)/b20-9+. The third-order valence-corrected chi connectivity index (χ3v) is 3.73. The van der Waals surface area contributed by atoms with Gasteiger partial charge in [-0.1, -0.05) is 41.4 Å². The molecule has 1 heterocycles. The molecule has 0 spiro atoms. The molecule has 2 aromatic carbocycles. The highest BCUT2D eigenvalue weighted by atomic mass is 35.5. The zero-order chi connectivity index (χ0) is 16.9. The number of amides is 1. The molecule has 0 aliphatic rings. The highest BCUT2D eigenvalue weighted by Crippen LogP contribution is 2.27. The summed E-state index contributed by atoms with van der Waals surface area (Å²) >= 11 is 11.8. The fourth-order valence-electron chi connectivity index (χ4n) is 2.11. The minimum atomic E-state index is -0.395. The molecule has 24 heavy (non-hydrogen) atoms. The van der Waals surface area contributed by atoms with Crippen LogP contribution >= 0.6 is 23.2 Å². The van der Waals surface area contributed by atoms with Crippen LogP contribution in [0.25, 0.3) is 10.9 Å². The SMILES string of the molecule is O=C(COc1ccc(Cl)cc1Cl)N/N=C/c1cc2ccccc2[nH]1.